The summed E-state index contributed by atoms with van der Waals surface area (Å²) in [4.78, 5) is 29.4. The van der Waals surface area contributed by atoms with Crippen molar-refractivity contribution in [1.29, 1.82) is 0 Å². The van der Waals surface area contributed by atoms with Crippen LogP contribution in [0.3, 0.4) is 0 Å². The van der Waals surface area contributed by atoms with E-state index in [0.29, 0.717) is 25.9 Å². The lowest BCUT2D eigenvalue weighted by Crippen LogP contribution is -2.32. The van der Waals surface area contributed by atoms with Crippen LogP contribution in [0.5, 0.6) is 0 Å². The van der Waals surface area contributed by atoms with Crippen LogP contribution in [0, 0.1) is 13.8 Å². The molecule has 0 aliphatic heterocycles. The molecule has 0 bridgehead atoms. The molecule has 1 aromatic carbocycles. The predicted molar refractivity (Wildman–Crippen MR) is 107 cm³/mol. The van der Waals surface area contributed by atoms with Gasteiger partial charge in [0.15, 0.2) is 0 Å². The number of amides is 1. The lowest BCUT2D eigenvalue weighted by atomic mass is 10.1. The molecule has 0 fully saturated rings. The van der Waals surface area contributed by atoms with Crippen molar-refractivity contribution in [2.24, 2.45) is 0 Å². The standard InChI is InChI=1S/C20H22N4O2S/c1-14-20(27-15(2)22-14)17-9-11-19(26)24(23-17)13-12-21-18(25)10-8-16-6-4-3-5-7-16/h3-7,9,11H,8,10,12-13H2,1-2H3,(H,21,25). The molecule has 3 aromatic rings. The van der Waals surface area contributed by atoms with Gasteiger partial charge in [-0.15, -0.1) is 11.3 Å². The van der Waals surface area contributed by atoms with Crippen LogP contribution in [0.25, 0.3) is 10.6 Å². The fourth-order valence-corrected chi connectivity index (χ4v) is 3.68. The van der Waals surface area contributed by atoms with Crippen molar-refractivity contribution in [3.8, 4) is 10.6 Å². The van der Waals surface area contributed by atoms with Crippen molar-refractivity contribution < 1.29 is 4.79 Å². The van der Waals surface area contributed by atoms with E-state index in [4.69, 9.17) is 0 Å². The molecule has 3 rings (SSSR count). The Morgan fingerprint density at radius 2 is 1.93 bits per heavy atom. The van der Waals surface area contributed by atoms with E-state index in [1.807, 2.05) is 44.2 Å². The first-order valence-electron chi connectivity index (χ1n) is 8.86. The first-order chi connectivity index (χ1) is 13.0. The molecule has 7 heteroatoms. The van der Waals surface area contributed by atoms with Crippen molar-refractivity contribution in [1.82, 2.24) is 20.1 Å². The maximum absolute atomic E-state index is 12.1. The summed E-state index contributed by atoms with van der Waals surface area (Å²) in [6.45, 7) is 4.58. The molecule has 6 nitrogen and oxygen atoms in total. The lowest BCUT2D eigenvalue weighted by Gasteiger charge is -2.08. The second-order valence-corrected chi connectivity index (χ2v) is 7.47. The molecule has 0 saturated heterocycles. The Labute approximate surface area is 161 Å². The Balaban J connectivity index is 1.56. The maximum Gasteiger partial charge on any atom is 0.266 e. The summed E-state index contributed by atoms with van der Waals surface area (Å²) in [5.74, 6) is -0.0306. The summed E-state index contributed by atoms with van der Waals surface area (Å²) in [5, 5.41) is 8.25. The van der Waals surface area contributed by atoms with Crippen LogP contribution in [0.4, 0.5) is 0 Å². The van der Waals surface area contributed by atoms with Gasteiger partial charge in [-0.05, 0) is 31.9 Å². The van der Waals surface area contributed by atoms with Crippen molar-refractivity contribution >= 4 is 17.2 Å². The number of carbonyl (C=O) groups excluding carboxylic acids is 1. The van der Waals surface area contributed by atoms with Crippen LogP contribution >= 0.6 is 11.3 Å². The normalized spacial score (nSPS) is 10.7. The highest BCUT2D eigenvalue weighted by atomic mass is 32.1. The zero-order valence-electron chi connectivity index (χ0n) is 15.4. The van der Waals surface area contributed by atoms with Gasteiger partial charge in [0, 0.05) is 19.0 Å². The van der Waals surface area contributed by atoms with Crippen LogP contribution in [0.2, 0.25) is 0 Å². The van der Waals surface area contributed by atoms with Gasteiger partial charge in [0.2, 0.25) is 5.91 Å². The van der Waals surface area contributed by atoms with E-state index >= 15 is 0 Å². The quantitative estimate of drug-likeness (QED) is 0.682. The van der Waals surface area contributed by atoms with Crippen LogP contribution in [0.1, 0.15) is 22.7 Å². The van der Waals surface area contributed by atoms with Gasteiger partial charge >= 0.3 is 0 Å². The minimum Gasteiger partial charge on any atom is -0.354 e. The number of nitrogens with zero attached hydrogens (tertiary/aromatic N) is 3. The summed E-state index contributed by atoms with van der Waals surface area (Å²) in [6.07, 6.45) is 1.12. The van der Waals surface area contributed by atoms with Crippen molar-refractivity contribution in [2.75, 3.05) is 6.54 Å². The molecule has 140 valence electrons. The summed E-state index contributed by atoms with van der Waals surface area (Å²) in [7, 11) is 0. The molecule has 2 heterocycles. The highest BCUT2D eigenvalue weighted by molar-refractivity contribution is 7.15. The Kier molecular flexibility index (Phi) is 6.13. The maximum atomic E-state index is 12.1. The molecule has 0 spiro atoms. The van der Waals surface area contributed by atoms with Crippen LogP contribution in [0.15, 0.2) is 47.3 Å². The minimum atomic E-state index is -0.184. The molecule has 1 amide bonds. The monoisotopic (exact) mass is 382 g/mol. The van der Waals surface area contributed by atoms with Crippen molar-refractivity contribution in [3.63, 3.8) is 0 Å². The summed E-state index contributed by atoms with van der Waals surface area (Å²) < 4.78 is 1.39. The summed E-state index contributed by atoms with van der Waals surface area (Å²) in [5.41, 5.74) is 2.59. The molecule has 0 radical (unpaired) electrons. The second kappa shape index (κ2) is 8.73. The molecule has 0 aliphatic carbocycles. The molecule has 27 heavy (non-hydrogen) atoms. The number of carbonyl (C=O) groups is 1. The average Bonchev–Trinajstić information content (AvgIpc) is 3.00. The highest BCUT2D eigenvalue weighted by Gasteiger charge is 2.11. The number of hydrogen-bond acceptors (Lipinski definition) is 5. The average molecular weight is 382 g/mol. The van der Waals surface area contributed by atoms with Crippen LogP contribution < -0.4 is 10.9 Å². The molecular formula is C20H22N4O2S. The molecule has 0 aliphatic rings. The van der Waals surface area contributed by atoms with E-state index in [2.05, 4.69) is 15.4 Å². The van der Waals surface area contributed by atoms with Gasteiger partial charge < -0.3 is 5.32 Å². The highest BCUT2D eigenvalue weighted by Crippen LogP contribution is 2.27. The first kappa shape index (κ1) is 19.0. The number of rotatable bonds is 7. The van der Waals surface area contributed by atoms with Crippen LogP contribution in [-0.2, 0) is 17.8 Å². The first-order valence-corrected chi connectivity index (χ1v) is 9.68. The van der Waals surface area contributed by atoms with E-state index in [9.17, 15) is 9.59 Å². The largest absolute Gasteiger partial charge is 0.354 e. The lowest BCUT2D eigenvalue weighted by molar-refractivity contribution is -0.121. The van der Waals surface area contributed by atoms with Gasteiger partial charge in [0.05, 0.1) is 22.1 Å². The Bertz CT molecular complexity index is 979. The summed E-state index contributed by atoms with van der Waals surface area (Å²) >= 11 is 1.56. The van der Waals surface area contributed by atoms with E-state index in [-0.39, 0.29) is 11.5 Å². The Morgan fingerprint density at radius 3 is 2.63 bits per heavy atom. The number of aryl methyl sites for hydroxylation is 3. The SMILES string of the molecule is Cc1nc(C)c(-c2ccc(=O)n(CCNC(=O)CCc3ccccc3)n2)s1. The number of hydrogen-bond donors (Lipinski definition) is 1. The van der Waals surface area contributed by atoms with Gasteiger partial charge in [-0.1, -0.05) is 30.3 Å². The van der Waals surface area contributed by atoms with E-state index in [0.717, 1.165) is 26.8 Å². The van der Waals surface area contributed by atoms with Gasteiger partial charge in [-0.2, -0.15) is 5.10 Å². The third-order valence-corrected chi connectivity index (χ3v) is 5.23. The molecule has 2 aromatic heterocycles. The smallest absolute Gasteiger partial charge is 0.266 e. The zero-order chi connectivity index (χ0) is 19.2. The van der Waals surface area contributed by atoms with Crippen LogP contribution in [-0.4, -0.2) is 27.2 Å². The van der Waals surface area contributed by atoms with Crippen molar-refractivity contribution in [3.05, 3.63) is 69.1 Å². The fourth-order valence-electron chi connectivity index (χ4n) is 2.79. The van der Waals surface area contributed by atoms with E-state index < -0.39 is 0 Å². The third-order valence-electron chi connectivity index (χ3n) is 4.13. The van der Waals surface area contributed by atoms with E-state index in [1.165, 1.54) is 10.7 Å². The molecular weight excluding hydrogens is 360 g/mol. The predicted octanol–water partition coefficient (Wildman–Crippen LogP) is 2.73. The van der Waals surface area contributed by atoms with Gasteiger partial charge in [0.1, 0.15) is 5.69 Å². The van der Waals surface area contributed by atoms with E-state index in [1.54, 1.807) is 17.4 Å². The number of benzene rings is 1. The minimum absolute atomic E-state index is 0.0306. The van der Waals surface area contributed by atoms with Crippen molar-refractivity contribution in [2.45, 2.75) is 33.2 Å². The Hall–Kier alpha value is -2.80. The van der Waals surface area contributed by atoms with Gasteiger partial charge in [0.25, 0.3) is 5.56 Å². The number of aromatic nitrogens is 3. The zero-order valence-corrected chi connectivity index (χ0v) is 16.3. The number of nitrogens with one attached hydrogen (secondary N) is 1. The van der Waals surface area contributed by atoms with Gasteiger partial charge in [-0.3, -0.25) is 9.59 Å². The fraction of sp³-hybridized carbons (Fsp3) is 0.300. The second-order valence-electron chi connectivity index (χ2n) is 6.26. The number of thiazole rings is 1. The third kappa shape index (κ3) is 5.10. The Morgan fingerprint density at radius 1 is 1.15 bits per heavy atom. The molecule has 0 saturated carbocycles. The summed E-state index contributed by atoms with van der Waals surface area (Å²) in [6, 6.07) is 13.1. The molecule has 1 N–H and O–H groups in total. The van der Waals surface area contributed by atoms with Gasteiger partial charge in [-0.25, -0.2) is 9.67 Å². The molecule has 0 atom stereocenters. The molecule has 0 unspecified atom stereocenters. The topological polar surface area (TPSA) is 76.9 Å².